The van der Waals surface area contributed by atoms with Gasteiger partial charge in [-0.05, 0) is 61.4 Å². The molecule has 2 aromatic carbocycles. The fraction of sp³-hybridized carbons (Fsp3) is 0.250. The van der Waals surface area contributed by atoms with E-state index in [9.17, 15) is 0 Å². The van der Waals surface area contributed by atoms with Crippen LogP contribution < -0.4 is 9.47 Å². The van der Waals surface area contributed by atoms with Crippen LogP contribution in [0.2, 0.25) is 0 Å². The predicted molar refractivity (Wildman–Crippen MR) is 75.0 cm³/mol. The number of hydrogen-bond donors (Lipinski definition) is 1. The Bertz CT molecular complexity index is 532. The lowest BCUT2D eigenvalue weighted by Gasteiger charge is -2.09. The minimum Gasteiger partial charge on any atom is -0.508 e. The summed E-state index contributed by atoms with van der Waals surface area (Å²) in [5.41, 5.74) is 2.48. The molecule has 2 aromatic rings. The smallest absolute Gasteiger partial charge is 0.122 e. The standard InChI is InChI=1S/C16H18O3/c1-12-3-6-16(11-13(12)2)19-10-9-18-15-7-4-14(17)5-8-15/h3-8,11,17H,9-10H2,1-2H3. The number of aryl methyl sites for hydroxylation is 2. The molecule has 0 aliphatic carbocycles. The highest BCUT2D eigenvalue weighted by Crippen LogP contribution is 2.17. The summed E-state index contributed by atoms with van der Waals surface area (Å²) < 4.78 is 11.1. The maximum Gasteiger partial charge on any atom is 0.122 e. The van der Waals surface area contributed by atoms with Crippen molar-refractivity contribution >= 4 is 0 Å². The maximum atomic E-state index is 9.15. The highest BCUT2D eigenvalue weighted by atomic mass is 16.5. The molecule has 2 rings (SSSR count). The van der Waals surface area contributed by atoms with Crippen LogP contribution in [0.5, 0.6) is 17.2 Å². The van der Waals surface area contributed by atoms with E-state index in [2.05, 4.69) is 13.8 Å². The SMILES string of the molecule is Cc1ccc(OCCOc2ccc(O)cc2)cc1C. The molecule has 0 bridgehead atoms. The molecule has 3 heteroatoms. The number of ether oxygens (including phenoxy) is 2. The molecule has 0 aromatic heterocycles. The average molecular weight is 258 g/mol. The molecule has 0 amide bonds. The minimum absolute atomic E-state index is 0.235. The molecule has 1 N–H and O–H groups in total. The third-order valence-electron chi connectivity index (χ3n) is 2.94. The van der Waals surface area contributed by atoms with Gasteiger partial charge in [-0.2, -0.15) is 0 Å². The highest BCUT2D eigenvalue weighted by molar-refractivity contribution is 5.33. The molecule has 3 nitrogen and oxygen atoms in total. The van der Waals surface area contributed by atoms with Gasteiger partial charge in [-0.25, -0.2) is 0 Å². The van der Waals surface area contributed by atoms with E-state index in [0.717, 1.165) is 11.5 Å². The Kier molecular flexibility index (Phi) is 4.29. The van der Waals surface area contributed by atoms with Crippen molar-refractivity contribution in [3.05, 3.63) is 53.6 Å². The largest absolute Gasteiger partial charge is 0.508 e. The van der Waals surface area contributed by atoms with Gasteiger partial charge in [0.05, 0.1) is 0 Å². The van der Waals surface area contributed by atoms with Crippen LogP contribution in [0.15, 0.2) is 42.5 Å². The van der Waals surface area contributed by atoms with Crippen LogP contribution in [0.1, 0.15) is 11.1 Å². The molecule has 0 spiro atoms. The van der Waals surface area contributed by atoms with E-state index in [4.69, 9.17) is 14.6 Å². The summed E-state index contributed by atoms with van der Waals surface area (Å²) in [7, 11) is 0. The Balaban J connectivity index is 1.77. The summed E-state index contributed by atoms with van der Waals surface area (Å²) in [5.74, 6) is 1.82. The molecular weight excluding hydrogens is 240 g/mol. The maximum absolute atomic E-state index is 9.15. The van der Waals surface area contributed by atoms with Gasteiger partial charge in [0.2, 0.25) is 0 Å². The average Bonchev–Trinajstić information content (AvgIpc) is 2.41. The number of hydrogen-bond acceptors (Lipinski definition) is 3. The van der Waals surface area contributed by atoms with Crippen molar-refractivity contribution in [2.75, 3.05) is 13.2 Å². The Morgan fingerprint density at radius 2 is 1.37 bits per heavy atom. The van der Waals surface area contributed by atoms with Crippen molar-refractivity contribution in [2.24, 2.45) is 0 Å². The summed E-state index contributed by atoms with van der Waals surface area (Å²) in [4.78, 5) is 0. The van der Waals surface area contributed by atoms with Gasteiger partial charge in [0.25, 0.3) is 0 Å². The minimum atomic E-state index is 0.235. The summed E-state index contributed by atoms with van der Waals surface area (Å²) >= 11 is 0. The summed E-state index contributed by atoms with van der Waals surface area (Å²) in [5, 5.41) is 9.15. The fourth-order valence-corrected chi connectivity index (χ4v) is 1.67. The van der Waals surface area contributed by atoms with Gasteiger partial charge in [0.1, 0.15) is 30.5 Å². The van der Waals surface area contributed by atoms with E-state index in [1.165, 1.54) is 11.1 Å². The molecule has 0 saturated carbocycles. The summed E-state index contributed by atoms with van der Waals surface area (Å²) in [6.45, 7) is 5.10. The van der Waals surface area contributed by atoms with Crippen LogP contribution in [-0.2, 0) is 0 Å². The van der Waals surface area contributed by atoms with Crippen LogP contribution >= 0.6 is 0 Å². The van der Waals surface area contributed by atoms with E-state index < -0.39 is 0 Å². The second-order valence-electron chi connectivity index (χ2n) is 4.44. The van der Waals surface area contributed by atoms with Gasteiger partial charge in [0, 0.05) is 0 Å². The first kappa shape index (κ1) is 13.3. The number of aromatic hydroxyl groups is 1. The first-order chi connectivity index (χ1) is 9.15. The van der Waals surface area contributed by atoms with Gasteiger partial charge in [-0.15, -0.1) is 0 Å². The second-order valence-corrected chi connectivity index (χ2v) is 4.44. The monoisotopic (exact) mass is 258 g/mol. The molecule has 19 heavy (non-hydrogen) atoms. The predicted octanol–water partition coefficient (Wildman–Crippen LogP) is 3.47. The van der Waals surface area contributed by atoms with Gasteiger partial charge in [0.15, 0.2) is 0 Å². The number of rotatable bonds is 5. The first-order valence-corrected chi connectivity index (χ1v) is 6.27. The molecule has 100 valence electrons. The molecule has 0 saturated heterocycles. The Morgan fingerprint density at radius 3 is 2.00 bits per heavy atom. The fourth-order valence-electron chi connectivity index (χ4n) is 1.67. The molecule has 0 radical (unpaired) electrons. The third-order valence-corrected chi connectivity index (χ3v) is 2.94. The molecule has 0 heterocycles. The molecule has 0 unspecified atom stereocenters. The number of phenolic OH excluding ortho intramolecular Hbond substituents is 1. The lowest BCUT2D eigenvalue weighted by Crippen LogP contribution is -2.09. The van der Waals surface area contributed by atoms with Crippen molar-refractivity contribution in [3.63, 3.8) is 0 Å². The first-order valence-electron chi connectivity index (χ1n) is 6.27. The van der Waals surface area contributed by atoms with Crippen molar-refractivity contribution in [2.45, 2.75) is 13.8 Å². The normalized spacial score (nSPS) is 10.2. The van der Waals surface area contributed by atoms with Crippen LogP contribution in [0, 0.1) is 13.8 Å². The van der Waals surface area contributed by atoms with Crippen LogP contribution in [0.25, 0.3) is 0 Å². The van der Waals surface area contributed by atoms with Crippen LogP contribution in [0.3, 0.4) is 0 Å². The molecular formula is C16H18O3. The zero-order valence-corrected chi connectivity index (χ0v) is 11.2. The quantitative estimate of drug-likeness (QED) is 0.835. The van der Waals surface area contributed by atoms with E-state index in [1.807, 2.05) is 18.2 Å². The van der Waals surface area contributed by atoms with Crippen molar-refractivity contribution in [1.82, 2.24) is 0 Å². The molecule has 0 aliphatic rings. The number of benzene rings is 2. The lowest BCUT2D eigenvalue weighted by atomic mass is 10.1. The Hall–Kier alpha value is -2.16. The van der Waals surface area contributed by atoms with Crippen LogP contribution in [-0.4, -0.2) is 18.3 Å². The highest BCUT2D eigenvalue weighted by Gasteiger charge is 1.98. The third kappa shape index (κ3) is 3.91. The topological polar surface area (TPSA) is 38.7 Å². The molecule has 0 aliphatic heterocycles. The van der Waals surface area contributed by atoms with Crippen molar-refractivity contribution in [3.8, 4) is 17.2 Å². The Morgan fingerprint density at radius 1 is 0.789 bits per heavy atom. The van der Waals surface area contributed by atoms with E-state index in [0.29, 0.717) is 13.2 Å². The van der Waals surface area contributed by atoms with Gasteiger partial charge in [-0.3, -0.25) is 0 Å². The number of phenols is 1. The van der Waals surface area contributed by atoms with Gasteiger partial charge < -0.3 is 14.6 Å². The Labute approximate surface area is 113 Å². The van der Waals surface area contributed by atoms with Crippen molar-refractivity contribution < 1.29 is 14.6 Å². The van der Waals surface area contributed by atoms with Gasteiger partial charge in [-0.1, -0.05) is 6.07 Å². The zero-order chi connectivity index (χ0) is 13.7. The molecule has 0 atom stereocenters. The summed E-state index contributed by atoms with van der Waals surface area (Å²) in [6, 6.07) is 12.7. The van der Waals surface area contributed by atoms with E-state index in [1.54, 1.807) is 24.3 Å². The molecule has 0 fully saturated rings. The van der Waals surface area contributed by atoms with Gasteiger partial charge >= 0.3 is 0 Å². The zero-order valence-electron chi connectivity index (χ0n) is 11.2. The summed E-state index contributed by atoms with van der Waals surface area (Å²) in [6.07, 6.45) is 0. The van der Waals surface area contributed by atoms with Crippen molar-refractivity contribution in [1.29, 1.82) is 0 Å². The lowest BCUT2D eigenvalue weighted by molar-refractivity contribution is 0.217. The van der Waals surface area contributed by atoms with Crippen LogP contribution in [0.4, 0.5) is 0 Å². The second kappa shape index (κ2) is 6.14. The van der Waals surface area contributed by atoms with E-state index in [-0.39, 0.29) is 5.75 Å². The van der Waals surface area contributed by atoms with E-state index >= 15 is 0 Å².